The van der Waals surface area contributed by atoms with Gasteiger partial charge in [0.05, 0.1) is 28.7 Å². The summed E-state index contributed by atoms with van der Waals surface area (Å²) in [7, 11) is 0. The number of non-ortho nitro benzene ring substituents is 1. The van der Waals surface area contributed by atoms with E-state index in [1.54, 1.807) is 4.90 Å². The first-order valence-electron chi connectivity index (χ1n) is 5.20. The maximum atomic E-state index is 13.7. The first-order valence-corrected chi connectivity index (χ1v) is 5.20. The topological polar surface area (TPSA) is 70.2 Å². The highest BCUT2D eigenvalue weighted by Gasteiger charge is 2.25. The summed E-state index contributed by atoms with van der Waals surface area (Å²) in [4.78, 5) is 11.6. The van der Waals surface area contributed by atoms with E-state index in [1.165, 1.54) is 12.1 Å². The minimum atomic E-state index is -0.630. The zero-order chi connectivity index (χ0) is 12.4. The molecule has 0 saturated carbocycles. The summed E-state index contributed by atoms with van der Waals surface area (Å²) < 4.78 is 13.7. The molecule has 0 amide bonds. The van der Waals surface area contributed by atoms with Gasteiger partial charge in [0, 0.05) is 19.2 Å². The van der Waals surface area contributed by atoms with Crippen molar-refractivity contribution in [2.45, 2.75) is 6.42 Å². The molecule has 5 nitrogen and oxygen atoms in total. The molecule has 1 aromatic carbocycles. The normalized spacial score (nSPS) is 19.1. The first kappa shape index (κ1) is 11.3. The molecule has 6 heteroatoms. The minimum Gasteiger partial charge on any atom is -0.368 e. The van der Waals surface area contributed by atoms with Gasteiger partial charge in [0.25, 0.3) is 5.69 Å². The van der Waals surface area contributed by atoms with Gasteiger partial charge >= 0.3 is 0 Å². The Labute approximate surface area is 97.2 Å². The molecule has 1 aliphatic rings. The molecular weight excluding hydrogens is 225 g/mol. The molecule has 0 aliphatic carbocycles. The van der Waals surface area contributed by atoms with E-state index in [4.69, 9.17) is 5.26 Å². The fourth-order valence-corrected chi connectivity index (χ4v) is 1.95. The van der Waals surface area contributed by atoms with Crippen LogP contribution in [0.2, 0.25) is 0 Å². The third-order valence-corrected chi connectivity index (χ3v) is 2.85. The smallest absolute Gasteiger partial charge is 0.272 e. The molecule has 1 fully saturated rings. The van der Waals surface area contributed by atoms with Crippen molar-refractivity contribution in [3.63, 3.8) is 0 Å². The molecule has 0 aromatic heterocycles. The van der Waals surface area contributed by atoms with Crippen molar-refractivity contribution in [2.75, 3.05) is 18.0 Å². The molecule has 0 N–H and O–H groups in total. The van der Waals surface area contributed by atoms with E-state index in [1.807, 2.05) is 0 Å². The van der Waals surface area contributed by atoms with Crippen molar-refractivity contribution in [1.29, 1.82) is 5.26 Å². The van der Waals surface area contributed by atoms with E-state index in [-0.39, 0.29) is 11.6 Å². The number of nitro benzene ring substituents is 1. The molecule has 17 heavy (non-hydrogen) atoms. The molecule has 1 heterocycles. The summed E-state index contributed by atoms with van der Waals surface area (Å²) >= 11 is 0. The Hall–Kier alpha value is -2.16. The Balaban J connectivity index is 2.23. The van der Waals surface area contributed by atoms with Crippen molar-refractivity contribution >= 4 is 11.4 Å². The van der Waals surface area contributed by atoms with Crippen LogP contribution in [0, 0.1) is 33.2 Å². The molecule has 2 rings (SSSR count). The Morgan fingerprint density at radius 3 is 2.88 bits per heavy atom. The summed E-state index contributed by atoms with van der Waals surface area (Å²) in [5, 5.41) is 19.2. The van der Waals surface area contributed by atoms with Crippen LogP contribution in [0.4, 0.5) is 15.8 Å². The molecule has 1 atom stereocenters. The van der Waals surface area contributed by atoms with E-state index >= 15 is 0 Å². The standard InChI is InChI=1S/C11H10FN3O2/c12-10-5-9(15(16)17)1-2-11(10)14-4-3-8(6-13)7-14/h1-2,5,8H,3-4,7H2. The highest BCUT2D eigenvalue weighted by Crippen LogP contribution is 2.28. The molecule has 1 unspecified atom stereocenters. The summed E-state index contributed by atoms with van der Waals surface area (Å²) in [5.41, 5.74) is 0.0654. The van der Waals surface area contributed by atoms with Gasteiger partial charge in [0.2, 0.25) is 0 Å². The number of nitriles is 1. The highest BCUT2D eigenvalue weighted by molar-refractivity contribution is 5.53. The number of nitrogens with zero attached hydrogens (tertiary/aromatic N) is 3. The second kappa shape index (κ2) is 4.37. The van der Waals surface area contributed by atoms with E-state index < -0.39 is 10.7 Å². The molecular formula is C11H10FN3O2. The summed E-state index contributed by atoms with van der Waals surface area (Å²) in [5.74, 6) is -0.706. The van der Waals surface area contributed by atoms with E-state index in [0.29, 0.717) is 25.2 Å². The van der Waals surface area contributed by atoms with Crippen molar-refractivity contribution in [3.8, 4) is 6.07 Å². The first-order chi connectivity index (χ1) is 8.11. The van der Waals surface area contributed by atoms with Gasteiger partial charge in [-0.2, -0.15) is 5.26 Å². The minimum absolute atomic E-state index is 0.0930. The molecule has 1 aromatic rings. The van der Waals surface area contributed by atoms with Gasteiger partial charge < -0.3 is 4.90 Å². The summed E-state index contributed by atoms with van der Waals surface area (Å²) in [6.45, 7) is 1.08. The molecule has 1 aliphatic heterocycles. The number of hydrogen-bond donors (Lipinski definition) is 0. The molecule has 0 radical (unpaired) electrons. The lowest BCUT2D eigenvalue weighted by Crippen LogP contribution is -2.20. The van der Waals surface area contributed by atoms with Gasteiger partial charge in [-0.1, -0.05) is 0 Å². The number of hydrogen-bond acceptors (Lipinski definition) is 4. The van der Waals surface area contributed by atoms with Gasteiger partial charge in [-0.25, -0.2) is 4.39 Å². The van der Waals surface area contributed by atoms with Crippen molar-refractivity contribution in [3.05, 3.63) is 34.1 Å². The van der Waals surface area contributed by atoms with Crippen LogP contribution in [0.3, 0.4) is 0 Å². The van der Waals surface area contributed by atoms with Gasteiger partial charge in [-0.15, -0.1) is 0 Å². The lowest BCUT2D eigenvalue weighted by Gasteiger charge is -2.18. The maximum Gasteiger partial charge on any atom is 0.272 e. The fraction of sp³-hybridized carbons (Fsp3) is 0.364. The largest absolute Gasteiger partial charge is 0.368 e. The number of rotatable bonds is 2. The molecule has 0 bridgehead atoms. The second-order valence-electron chi connectivity index (χ2n) is 3.95. The molecule has 0 spiro atoms. The fourth-order valence-electron chi connectivity index (χ4n) is 1.95. The van der Waals surface area contributed by atoms with Crippen LogP contribution in [0.25, 0.3) is 0 Å². The number of benzene rings is 1. The number of halogens is 1. The Bertz CT molecular complexity index is 498. The van der Waals surface area contributed by atoms with Crippen molar-refractivity contribution in [1.82, 2.24) is 0 Å². The van der Waals surface area contributed by atoms with E-state index in [0.717, 1.165) is 6.07 Å². The number of anilines is 1. The van der Waals surface area contributed by atoms with Crippen LogP contribution in [0.1, 0.15) is 6.42 Å². The van der Waals surface area contributed by atoms with Crippen LogP contribution in [-0.4, -0.2) is 18.0 Å². The van der Waals surface area contributed by atoms with E-state index in [2.05, 4.69) is 6.07 Å². The predicted octanol–water partition coefficient (Wildman–Crippen LogP) is 2.08. The van der Waals surface area contributed by atoms with Crippen LogP contribution in [0.15, 0.2) is 18.2 Å². The third-order valence-electron chi connectivity index (χ3n) is 2.85. The second-order valence-corrected chi connectivity index (χ2v) is 3.95. The van der Waals surface area contributed by atoms with E-state index in [9.17, 15) is 14.5 Å². The van der Waals surface area contributed by atoms with Crippen LogP contribution >= 0.6 is 0 Å². The highest BCUT2D eigenvalue weighted by atomic mass is 19.1. The van der Waals surface area contributed by atoms with Crippen LogP contribution in [-0.2, 0) is 0 Å². The monoisotopic (exact) mass is 235 g/mol. The summed E-state index contributed by atoms with van der Waals surface area (Å²) in [6, 6.07) is 5.72. The third kappa shape index (κ3) is 2.18. The molecule has 1 saturated heterocycles. The van der Waals surface area contributed by atoms with Crippen LogP contribution in [0.5, 0.6) is 0 Å². The average Bonchev–Trinajstić information content (AvgIpc) is 2.77. The van der Waals surface area contributed by atoms with Gasteiger partial charge in [-0.3, -0.25) is 10.1 Å². The van der Waals surface area contributed by atoms with Crippen LogP contribution < -0.4 is 4.90 Å². The predicted molar refractivity (Wildman–Crippen MR) is 59.0 cm³/mol. The Kier molecular flexibility index (Phi) is 2.91. The Morgan fingerprint density at radius 2 is 2.35 bits per heavy atom. The van der Waals surface area contributed by atoms with Gasteiger partial charge in [0.1, 0.15) is 0 Å². The summed E-state index contributed by atoms with van der Waals surface area (Å²) in [6.07, 6.45) is 0.701. The average molecular weight is 235 g/mol. The van der Waals surface area contributed by atoms with Crippen molar-refractivity contribution in [2.24, 2.45) is 5.92 Å². The zero-order valence-electron chi connectivity index (χ0n) is 8.97. The number of nitro groups is 1. The van der Waals surface area contributed by atoms with Crippen molar-refractivity contribution < 1.29 is 9.31 Å². The lowest BCUT2D eigenvalue weighted by atomic mass is 10.1. The Morgan fingerprint density at radius 1 is 1.59 bits per heavy atom. The SMILES string of the molecule is N#CC1CCN(c2ccc([N+](=O)[O-])cc2F)C1. The molecule has 88 valence electrons. The van der Waals surface area contributed by atoms with Gasteiger partial charge in [-0.05, 0) is 12.5 Å². The quantitative estimate of drug-likeness (QED) is 0.581. The maximum absolute atomic E-state index is 13.7. The lowest BCUT2D eigenvalue weighted by molar-refractivity contribution is -0.385. The van der Waals surface area contributed by atoms with Gasteiger partial charge in [0.15, 0.2) is 5.82 Å². The zero-order valence-corrected chi connectivity index (χ0v) is 8.97.